The van der Waals surface area contributed by atoms with Gasteiger partial charge in [-0.3, -0.25) is 4.79 Å². The molecule has 18 atom stereocenters. The number of rotatable bonds is 5. The quantitative estimate of drug-likeness (QED) is 0.114. The molecule has 2 saturated heterocycles. The molecule has 306 valence electrons. The average molecular weight is 765 g/mol. The zero-order chi connectivity index (χ0) is 39.6. The van der Waals surface area contributed by atoms with Crippen LogP contribution in [0.5, 0.6) is 0 Å². The third-order valence-electron chi connectivity index (χ3n) is 16.8. The minimum Gasteiger partial charge on any atom is -0.432 e. The highest BCUT2D eigenvalue weighted by Gasteiger charge is 2.72. The Balaban J connectivity index is 1.19. The lowest BCUT2D eigenvalue weighted by Gasteiger charge is -2.71. The first-order chi connectivity index (χ1) is 25.1. The predicted octanol–water partition coefficient (Wildman–Crippen LogP) is 1.85. The summed E-state index contributed by atoms with van der Waals surface area (Å²) in [5.41, 5.74) is -1.92. The van der Waals surface area contributed by atoms with Gasteiger partial charge in [-0.1, -0.05) is 52.8 Å². The molecule has 0 amide bonds. The SMILES string of the molecule is C=C1CC[C@]2(C(=O)O[C@@H]3O[C@H](CO)[C@H](O)[C@H](O)[C@H]3O)CC[C@]3(C)C(=CC[C@@H]4[C@@]5(C)CC[C@H](O[C@@H]6OC[C@@H](O)[C@H](O)[C@H]6O)C(C)(C)[C@@H]5CC[C@]43C)[C@@H]2[C@]1(C)O. The fraction of sp³-hybridized carbons (Fsp3) is 0.878. The van der Waals surface area contributed by atoms with Gasteiger partial charge in [0.25, 0.3) is 0 Å². The molecule has 5 aliphatic carbocycles. The Morgan fingerprint density at radius 2 is 1.54 bits per heavy atom. The van der Waals surface area contributed by atoms with Crippen molar-refractivity contribution in [2.45, 2.75) is 166 Å². The topological polar surface area (TPSA) is 216 Å². The van der Waals surface area contributed by atoms with Gasteiger partial charge in [0.1, 0.15) is 42.7 Å². The molecule has 0 unspecified atom stereocenters. The first-order valence-corrected chi connectivity index (χ1v) is 20.1. The smallest absolute Gasteiger partial charge is 0.315 e. The molecule has 7 rings (SSSR count). The lowest BCUT2D eigenvalue weighted by atomic mass is 9.33. The Morgan fingerprint density at radius 1 is 0.852 bits per heavy atom. The van der Waals surface area contributed by atoms with Crippen molar-refractivity contribution in [3.63, 3.8) is 0 Å². The number of allylic oxidation sites excluding steroid dienone is 1. The fourth-order valence-electron chi connectivity index (χ4n) is 13.3. The second kappa shape index (κ2) is 13.5. The van der Waals surface area contributed by atoms with Crippen LogP contribution in [0.25, 0.3) is 0 Å². The Bertz CT molecular complexity index is 1510. The second-order valence-corrected chi connectivity index (χ2v) is 19.5. The predicted molar refractivity (Wildman–Crippen MR) is 193 cm³/mol. The van der Waals surface area contributed by atoms with Gasteiger partial charge < -0.3 is 59.8 Å². The van der Waals surface area contributed by atoms with Crippen molar-refractivity contribution in [3.8, 4) is 0 Å². The molecule has 13 heteroatoms. The largest absolute Gasteiger partial charge is 0.432 e. The molecule has 0 bridgehead atoms. The Labute approximate surface area is 318 Å². The van der Waals surface area contributed by atoms with Crippen molar-refractivity contribution < 1.29 is 64.6 Å². The van der Waals surface area contributed by atoms with Crippen LogP contribution in [0.1, 0.15) is 99.3 Å². The number of carbonyl (C=O) groups excluding carboxylic acids is 1. The van der Waals surface area contributed by atoms with Gasteiger partial charge in [0.15, 0.2) is 6.29 Å². The van der Waals surface area contributed by atoms with Gasteiger partial charge >= 0.3 is 5.97 Å². The molecule has 2 aliphatic heterocycles. The molecular weight excluding hydrogens is 700 g/mol. The second-order valence-electron chi connectivity index (χ2n) is 19.5. The number of aliphatic hydroxyl groups is 8. The van der Waals surface area contributed by atoms with E-state index in [1.807, 2.05) is 0 Å². The summed E-state index contributed by atoms with van der Waals surface area (Å²) in [6.07, 6.45) is -4.65. The van der Waals surface area contributed by atoms with Gasteiger partial charge in [0.2, 0.25) is 6.29 Å². The zero-order valence-electron chi connectivity index (χ0n) is 32.7. The lowest BCUT2D eigenvalue weighted by molar-refractivity contribution is -0.308. The van der Waals surface area contributed by atoms with Gasteiger partial charge in [0.05, 0.1) is 30.3 Å². The van der Waals surface area contributed by atoms with Crippen molar-refractivity contribution in [1.29, 1.82) is 0 Å². The Hall–Kier alpha value is -1.49. The Kier molecular flexibility index (Phi) is 10.2. The number of aliphatic hydroxyl groups excluding tert-OH is 7. The molecule has 2 heterocycles. The molecular formula is C41H64O13. The van der Waals surface area contributed by atoms with Crippen molar-refractivity contribution >= 4 is 5.97 Å². The summed E-state index contributed by atoms with van der Waals surface area (Å²) in [4.78, 5) is 14.6. The van der Waals surface area contributed by atoms with E-state index < -0.39 is 90.2 Å². The minimum absolute atomic E-state index is 0.0849. The van der Waals surface area contributed by atoms with E-state index in [2.05, 4.69) is 47.3 Å². The van der Waals surface area contributed by atoms with Crippen LogP contribution in [0.2, 0.25) is 0 Å². The first kappa shape index (κ1) is 40.7. The van der Waals surface area contributed by atoms with E-state index >= 15 is 0 Å². The van der Waals surface area contributed by atoms with Crippen LogP contribution in [0, 0.1) is 44.8 Å². The normalized spacial score (nSPS) is 54.3. The summed E-state index contributed by atoms with van der Waals surface area (Å²) < 4.78 is 23.6. The van der Waals surface area contributed by atoms with Crippen molar-refractivity contribution in [2.24, 2.45) is 44.8 Å². The molecule has 54 heavy (non-hydrogen) atoms. The summed E-state index contributed by atoms with van der Waals surface area (Å²) in [5.74, 6) is -0.770. The molecule has 0 aromatic heterocycles. The molecule has 0 aromatic carbocycles. The Morgan fingerprint density at radius 3 is 2.22 bits per heavy atom. The van der Waals surface area contributed by atoms with Gasteiger partial charge in [-0.25, -0.2) is 0 Å². The fourth-order valence-corrected chi connectivity index (χ4v) is 13.3. The van der Waals surface area contributed by atoms with Gasteiger partial charge in [-0.15, -0.1) is 0 Å². The first-order valence-electron chi connectivity index (χ1n) is 20.1. The number of hydrogen-bond donors (Lipinski definition) is 8. The molecule has 7 aliphatic rings. The molecule has 0 spiro atoms. The maximum absolute atomic E-state index is 14.6. The average Bonchev–Trinajstić information content (AvgIpc) is 3.11. The summed E-state index contributed by atoms with van der Waals surface area (Å²) in [6, 6.07) is 0. The number of fused-ring (bicyclic) bond motifs is 7. The molecule has 0 radical (unpaired) electrons. The summed E-state index contributed by atoms with van der Waals surface area (Å²) in [7, 11) is 0. The van der Waals surface area contributed by atoms with Crippen LogP contribution in [-0.4, -0.2) is 127 Å². The molecule has 0 aromatic rings. The standard InChI is InChI=1S/C41H64O13/c1-20-10-15-41(35(49)54-34-31(48)29(46)28(45)23(18-42)52-34)17-16-38(5)21(32(41)40(20,7)50)8-9-25-37(4)13-12-26(36(2,3)24(37)11-14-39(25,38)6)53-33-30(47)27(44)22(43)19-51-33/h8,22-34,42-48,50H,1,9-19H2,2-7H3/t22-,23-,24+,25-,26+,27+,28+,29+,30-,31-,32-,33+,34+,37+,38-,39-,40-,41+/m1/s1. The number of hydrogen-bond acceptors (Lipinski definition) is 13. The summed E-state index contributed by atoms with van der Waals surface area (Å²) in [6.45, 7) is 16.8. The van der Waals surface area contributed by atoms with Gasteiger partial charge in [0, 0.05) is 5.92 Å². The van der Waals surface area contributed by atoms with E-state index in [9.17, 15) is 45.6 Å². The number of esters is 1. The van der Waals surface area contributed by atoms with Crippen molar-refractivity contribution in [3.05, 3.63) is 23.8 Å². The highest BCUT2D eigenvalue weighted by Crippen LogP contribution is 2.76. The molecule has 13 nitrogen and oxygen atoms in total. The van der Waals surface area contributed by atoms with Crippen LogP contribution >= 0.6 is 0 Å². The maximum atomic E-state index is 14.6. The van der Waals surface area contributed by atoms with E-state index in [4.69, 9.17) is 18.9 Å². The highest BCUT2D eigenvalue weighted by atomic mass is 16.7. The third-order valence-corrected chi connectivity index (χ3v) is 16.8. The summed E-state index contributed by atoms with van der Waals surface area (Å²) in [5, 5.41) is 84.7. The third kappa shape index (κ3) is 5.61. The van der Waals surface area contributed by atoms with E-state index in [0.717, 1.165) is 37.7 Å². The van der Waals surface area contributed by atoms with Crippen LogP contribution in [-0.2, 0) is 23.7 Å². The lowest BCUT2D eigenvalue weighted by Crippen LogP contribution is -2.68. The number of ether oxygens (including phenoxy) is 4. The van der Waals surface area contributed by atoms with Crippen LogP contribution in [0.4, 0.5) is 0 Å². The molecule has 4 saturated carbocycles. The van der Waals surface area contributed by atoms with Crippen LogP contribution < -0.4 is 0 Å². The van der Waals surface area contributed by atoms with Gasteiger partial charge in [-0.2, -0.15) is 0 Å². The van der Waals surface area contributed by atoms with E-state index in [1.54, 1.807) is 6.92 Å². The van der Waals surface area contributed by atoms with Crippen molar-refractivity contribution in [2.75, 3.05) is 13.2 Å². The summed E-state index contributed by atoms with van der Waals surface area (Å²) >= 11 is 0. The minimum atomic E-state index is -1.73. The molecule has 6 fully saturated rings. The monoisotopic (exact) mass is 764 g/mol. The van der Waals surface area contributed by atoms with E-state index in [1.165, 1.54) is 0 Å². The van der Waals surface area contributed by atoms with Crippen LogP contribution in [0.15, 0.2) is 23.8 Å². The maximum Gasteiger partial charge on any atom is 0.315 e. The number of carbonyl (C=O) groups is 1. The molecule has 8 N–H and O–H groups in total. The van der Waals surface area contributed by atoms with Crippen molar-refractivity contribution in [1.82, 2.24) is 0 Å². The van der Waals surface area contributed by atoms with E-state index in [0.29, 0.717) is 31.3 Å². The van der Waals surface area contributed by atoms with Gasteiger partial charge in [-0.05, 0) is 104 Å². The van der Waals surface area contributed by atoms with E-state index in [-0.39, 0.29) is 40.8 Å². The van der Waals surface area contributed by atoms with Crippen LogP contribution in [0.3, 0.4) is 0 Å². The highest BCUT2D eigenvalue weighted by molar-refractivity contribution is 5.80. The zero-order valence-corrected chi connectivity index (χ0v) is 32.7.